The number of halogens is 1. The summed E-state index contributed by atoms with van der Waals surface area (Å²) in [6.45, 7) is 0. The minimum atomic E-state index is 0.633. The highest BCUT2D eigenvalue weighted by Gasteiger charge is 2.34. The average Bonchev–Trinajstić information content (AvgIpc) is 3.02. The van der Waals surface area contributed by atoms with Gasteiger partial charge in [-0.05, 0) is 25.7 Å². The summed E-state index contributed by atoms with van der Waals surface area (Å²) in [5.74, 6) is 2.10. The smallest absolute Gasteiger partial charge is 0.0700 e. The summed E-state index contributed by atoms with van der Waals surface area (Å²) >= 11 is 5.96. The number of aromatic nitrogens is 2. The molecule has 2 nitrogen and oxygen atoms in total. The van der Waals surface area contributed by atoms with Crippen LogP contribution in [0.5, 0.6) is 0 Å². The van der Waals surface area contributed by atoms with Gasteiger partial charge in [-0.2, -0.15) is 5.10 Å². The second-order valence-corrected chi connectivity index (χ2v) is 4.45. The van der Waals surface area contributed by atoms with Gasteiger partial charge in [0.05, 0.1) is 11.6 Å². The van der Waals surface area contributed by atoms with Crippen molar-refractivity contribution in [3.63, 3.8) is 0 Å². The quantitative estimate of drug-likeness (QED) is 0.740. The van der Waals surface area contributed by atoms with Crippen molar-refractivity contribution in [2.45, 2.75) is 43.4 Å². The van der Waals surface area contributed by atoms with Gasteiger partial charge in [0.15, 0.2) is 0 Å². The van der Waals surface area contributed by atoms with Crippen LogP contribution in [0, 0.1) is 0 Å². The van der Waals surface area contributed by atoms with Crippen molar-refractivity contribution in [2.75, 3.05) is 0 Å². The van der Waals surface area contributed by atoms with Crippen molar-refractivity contribution in [3.05, 3.63) is 17.0 Å². The van der Waals surface area contributed by atoms with E-state index in [1.54, 1.807) is 0 Å². The van der Waals surface area contributed by atoms with Crippen LogP contribution in [0.1, 0.15) is 54.5 Å². The molecule has 13 heavy (non-hydrogen) atoms. The molecular weight excluding hydrogens is 184 g/mol. The zero-order chi connectivity index (χ0) is 8.84. The molecule has 0 bridgehead atoms. The van der Waals surface area contributed by atoms with Gasteiger partial charge < -0.3 is 0 Å². The lowest BCUT2D eigenvalue weighted by Crippen LogP contribution is -1.89. The lowest BCUT2D eigenvalue weighted by Gasteiger charge is -1.98. The van der Waals surface area contributed by atoms with Crippen molar-refractivity contribution in [3.8, 4) is 0 Å². The number of aromatic amines is 1. The molecule has 0 aromatic carbocycles. The largest absolute Gasteiger partial charge is 0.282 e. The van der Waals surface area contributed by atoms with E-state index in [2.05, 4.69) is 10.2 Å². The number of nitrogens with one attached hydrogen (secondary N) is 1. The van der Waals surface area contributed by atoms with Crippen LogP contribution in [0.2, 0.25) is 0 Å². The molecule has 0 radical (unpaired) electrons. The number of rotatable bonds is 3. The van der Waals surface area contributed by atoms with Crippen LogP contribution in [-0.2, 0) is 5.88 Å². The topological polar surface area (TPSA) is 28.7 Å². The Bertz CT molecular complexity index is 294. The zero-order valence-corrected chi connectivity index (χ0v) is 8.27. The summed E-state index contributed by atoms with van der Waals surface area (Å²) in [5.41, 5.74) is 3.90. The first-order valence-corrected chi connectivity index (χ1v) is 5.56. The van der Waals surface area contributed by atoms with Crippen LogP contribution >= 0.6 is 11.6 Å². The maximum absolute atomic E-state index is 5.96. The fourth-order valence-electron chi connectivity index (χ4n) is 1.94. The lowest BCUT2D eigenvalue weighted by molar-refractivity contribution is 0.926. The summed E-state index contributed by atoms with van der Waals surface area (Å²) in [6.07, 6.45) is 5.24. The molecule has 2 saturated carbocycles. The summed E-state index contributed by atoms with van der Waals surface area (Å²) < 4.78 is 0. The van der Waals surface area contributed by atoms with Gasteiger partial charge in [-0.15, -0.1) is 11.6 Å². The van der Waals surface area contributed by atoms with E-state index in [0.29, 0.717) is 5.88 Å². The number of alkyl halides is 1. The van der Waals surface area contributed by atoms with Gasteiger partial charge in [0, 0.05) is 23.1 Å². The number of nitrogens with zero attached hydrogens (tertiary/aromatic N) is 1. The molecule has 1 aromatic rings. The van der Waals surface area contributed by atoms with E-state index in [-0.39, 0.29) is 0 Å². The first kappa shape index (κ1) is 7.86. The second kappa shape index (κ2) is 2.74. The van der Waals surface area contributed by atoms with Crippen molar-refractivity contribution in [1.82, 2.24) is 10.2 Å². The molecule has 1 N–H and O–H groups in total. The zero-order valence-electron chi connectivity index (χ0n) is 7.52. The van der Waals surface area contributed by atoms with Gasteiger partial charge in [-0.3, -0.25) is 5.10 Å². The molecule has 1 heterocycles. The van der Waals surface area contributed by atoms with Crippen LogP contribution in [0.4, 0.5) is 0 Å². The van der Waals surface area contributed by atoms with Gasteiger partial charge in [0.25, 0.3) is 0 Å². The molecule has 1 aromatic heterocycles. The van der Waals surface area contributed by atoms with Crippen molar-refractivity contribution < 1.29 is 0 Å². The highest BCUT2D eigenvalue weighted by molar-refractivity contribution is 6.17. The molecule has 2 fully saturated rings. The summed E-state index contributed by atoms with van der Waals surface area (Å²) in [5, 5.41) is 7.57. The van der Waals surface area contributed by atoms with E-state index < -0.39 is 0 Å². The Balaban J connectivity index is 1.99. The normalized spacial score (nSPS) is 22.2. The van der Waals surface area contributed by atoms with Gasteiger partial charge in [0.2, 0.25) is 0 Å². The van der Waals surface area contributed by atoms with Crippen LogP contribution < -0.4 is 0 Å². The lowest BCUT2D eigenvalue weighted by atomic mass is 10.1. The summed E-state index contributed by atoms with van der Waals surface area (Å²) in [4.78, 5) is 0. The highest BCUT2D eigenvalue weighted by Crippen LogP contribution is 2.46. The molecule has 0 atom stereocenters. The fourth-order valence-corrected chi connectivity index (χ4v) is 2.22. The maximum atomic E-state index is 5.96. The minimum absolute atomic E-state index is 0.633. The van der Waals surface area contributed by atoms with E-state index in [1.807, 2.05) is 0 Å². The minimum Gasteiger partial charge on any atom is -0.282 e. The van der Waals surface area contributed by atoms with E-state index >= 15 is 0 Å². The highest BCUT2D eigenvalue weighted by atomic mass is 35.5. The predicted octanol–water partition coefficient (Wildman–Crippen LogP) is 2.90. The number of H-pyrrole nitrogens is 1. The molecule has 0 saturated heterocycles. The average molecular weight is 197 g/mol. The molecular formula is C10H13ClN2. The summed E-state index contributed by atoms with van der Waals surface area (Å²) in [6, 6.07) is 0. The Hall–Kier alpha value is -0.500. The van der Waals surface area contributed by atoms with Crippen LogP contribution in [0.25, 0.3) is 0 Å². The molecule has 3 heteroatoms. The van der Waals surface area contributed by atoms with Gasteiger partial charge in [-0.25, -0.2) is 0 Å². The maximum Gasteiger partial charge on any atom is 0.0700 e. The Kier molecular flexibility index (Phi) is 1.66. The van der Waals surface area contributed by atoms with Crippen molar-refractivity contribution in [1.29, 1.82) is 0 Å². The SMILES string of the molecule is ClCc1c(C2CC2)n[nH]c1C1CC1. The third-order valence-electron chi connectivity index (χ3n) is 3.01. The third-order valence-corrected chi connectivity index (χ3v) is 3.28. The molecule has 2 aliphatic rings. The van der Waals surface area contributed by atoms with Gasteiger partial charge in [0.1, 0.15) is 0 Å². The Morgan fingerprint density at radius 1 is 1.23 bits per heavy atom. The van der Waals surface area contributed by atoms with Crippen LogP contribution in [-0.4, -0.2) is 10.2 Å². The monoisotopic (exact) mass is 196 g/mol. The van der Waals surface area contributed by atoms with E-state index in [9.17, 15) is 0 Å². The van der Waals surface area contributed by atoms with E-state index in [4.69, 9.17) is 11.6 Å². The standard InChI is InChI=1S/C10H13ClN2/c11-5-8-9(6-1-2-6)12-13-10(8)7-3-4-7/h6-7H,1-5H2,(H,12,13). The van der Waals surface area contributed by atoms with E-state index in [0.717, 1.165) is 11.8 Å². The second-order valence-electron chi connectivity index (χ2n) is 4.18. The van der Waals surface area contributed by atoms with Crippen molar-refractivity contribution >= 4 is 11.6 Å². The van der Waals surface area contributed by atoms with E-state index in [1.165, 1.54) is 42.6 Å². The molecule has 70 valence electrons. The Morgan fingerprint density at radius 3 is 2.46 bits per heavy atom. The van der Waals surface area contributed by atoms with Gasteiger partial charge in [-0.1, -0.05) is 0 Å². The Morgan fingerprint density at radius 2 is 1.92 bits per heavy atom. The molecule has 0 unspecified atom stereocenters. The number of hydrogen-bond donors (Lipinski definition) is 1. The Labute approximate surface area is 82.7 Å². The fraction of sp³-hybridized carbons (Fsp3) is 0.700. The number of hydrogen-bond acceptors (Lipinski definition) is 1. The van der Waals surface area contributed by atoms with Gasteiger partial charge >= 0.3 is 0 Å². The van der Waals surface area contributed by atoms with Crippen molar-refractivity contribution in [2.24, 2.45) is 0 Å². The molecule has 0 spiro atoms. The predicted molar refractivity (Wildman–Crippen MR) is 52.1 cm³/mol. The molecule has 0 aliphatic heterocycles. The first-order chi connectivity index (χ1) is 6.40. The molecule has 3 rings (SSSR count). The van der Waals surface area contributed by atoms with Crippen LogP contribution in [0.15, 0.2) is 0 Å². The van der Waals surface area contributed by atoms with Crippen LogP contribution in [0.3, 0.4) is 0 Å². The third kappa shape index (κ3) is 1.28. The molecule has 2 aliphatic carbocycles. The first-order valence-electron chi connectivity index (χ1n) is 5.03. The summed E-state index contributed by atoms with van der Waals surface area (Å²) in [7, 11) is 0. The molecule has 0 amide bonds.